The molecule has 100 valence electrons. The maximum Gasteiger partial charge on any atom is 0.329 e. The number of likely N-dealkylation sites (tertiary alicyclic amines) is 1. The molecule has 2 rings (SSSR count). The molecular weight excluding hydrogens is 232 g/mol. The molecule has 0 aromatic heterocycles. The number of aliphatic carboxylic acids is 1. The van der Waals surface area contributed by atoms with Gasteiger partial charge < -0.3 is 15.3 Å². The van der Waals surface area contributed by atoms with E-state index < -0.39 is 11.5 Å². The summed E-state index contributed by atoms with van der Waals surface area (Å²) in [5.74, 6) is -0.887. The van der Waals surface area contributed by atoms with Crippen LogP contribution in [-0.4, -0.2) is 40.1 Å². The standard InChI is InChI=1S/C13H20N2O3/c1-2-13(11(16)17)8-5-9-15(13)12(18)14-10-6-3-4-7-10/h3-4,10H,2,5-9H2,1H3,(H,14,18)(H,16,17). The van der Waals surface area contributed by atoms with Gasteiger partial charge in [0, 0.05) is 12.6 Å². The fourth-order valence-electron chi connectivity index (χ4n) is 2.90. The number of hydrogen-bond acceptors (Lipinski definition) is 2. The van der Waals surface area contributed by atoms with Gasteiger partial charge in [-0.3, -0.25) is 0 Å². The molecule has 2 amide bonds. The van der Waals surface area contributed by atoms with Crippen molar-refractivity contribution in [3.8, 4) is 0 Å². The van der Waals surface area contributed by atoms with E-state index in [4.69, 9.17) is 0 Å². The molecule has 1 atom stereocenters. The van der Waals surface area contributed by atoms with Crippen molar-refractivity contribution >= 4 is 12.0 Å². The maximum atomic E-state index is 12.2. The summed E-state index contributed by atoms with van der Waals surface area (Å²) in [6.45, 7) is 2.36. The number of carboxylic acid groups (broad SMARTS) is 1. The second-order valence-electron chi connectivity index (χ2n) is 5.03. The van der Waals surface area contributed by atoms with Crippen LogP contribution in [0, 0.1) is 0 Å². The fraction of sp³-hybridized carbons (Fsp3) is 0.692. The topological polar surface area (TPSA) is 69.6 Å². The van der Waals surface area contributed by atoms with E-state index in [1.807, 2.05) is 19.1 Å². The Hall–Kier alpha value is -1.52. The highest BCUT2D eigenvalue weighted by Gasteiger charge is 2.48. The molecule has 1 aliphatic heterocycles. The molecular formula is C13H20N2O3. The number of nitrogens with zero attached hydrogens (tertiary/aromatic N) is 1. The average Bonchev–Trinajstić information content (AvgIpc) is 2.96. The Morgan fingerprint density at radius 3 is 2.67 bits per heavy atom. The third-order valence-corrected chi connectivity index (χ3v) is 4.05. The van der Waals surface area contributed by atoms with Crippen LogP contribution in [-0.2, 0) is 4.79 Å². The molecule has 2 aliphatic rings. The summed E-state index contributed by atoms with van der Waals surface area (Å²) >= 11 is 0. The number of nitrogens with one attached hydrogen (secondary N) is 1. The van der Waals surface area contributed by atoms with Crippen molar-refractivity contribution in [1.82, 2.24) is 10.2 Å². The number of carbonyl (C=O) groups is 2. The smallest absolute Gasteiger partial charge is 0.329 e. The van der Waals surface area contributed by atoms with Gasteiger partial charge in [-0.05, 0) is 32.1 Å². The van der Waals surface area contributed by atoms with Gasteiger partial charge in [0.25, 0.3) is 0 Å². The molecule has 0 radical (unpaired) electrons. The Kier molecular flexibility index (Phi) is 3.59. The third kappa shape index (κ3) is 2.09. The molecule has 0 saturated carbocycles. The molecule has 1 fully saturated rings. The minimum atomic E-state index is -1.00. The van der Waals surface area contributed by atoms with E-state index in [0.717, 1.165) is 19.3 Å². The lowest BCUT2D eigenvalue weighted by molar-refractivity contribution is -0.148. The van der Waals surface area contributed by atoms with E-state index >= 15 is 0 Å². The lowest BCUT2D eigenvalue weighted by atomic mass is 9.93. The minimum absolute atomic E-state index is 0.126. The van der Waals surface area contributed by atoms with Gasteiger partial charge in [-0.1, -0.05) is 19.1 Å². The molecule has 0 bridgehead atoms. The summed E-state index contributed by atoms with van der Waals surface area (Å²) in [4.78, 5) is 25.2. The second kappa shape index (κ2) is 5.00. The lowest BCUT2D eigenvalue weighted by Crippen LogP contribution is -2.56. The predicted octanol–water partition coefficient (Wildman–Crippen LogP) is 1.74. The quantitative estimate of drug-likeness (QED) is 0.752. The monoisotopic (exact) mass is 252 g/mol. The third-order valence-electron chi connectivity index (χ3n) is 4.05. The molecule has 0 aromatic carbocycles. The zero-order valence-electron chi connectivity index (χ0n) is 10.7. The number of urea groups is 1. The Labute approximate surface area is 107 Å². The van der Waals surface area contributed by atoms with Crippen LogP contribution in [0.2, 0.25) is 0 Å². The normalized spacial score (nSPS) is 27.7. The van der Waals surface area contributed by atoms with E-state index in [-0.39, 0.29) is 12.1 Å². The highest BCUT2D eigenvalue weighted by atomic mass is 16.4. The molecule has 1 saturated heterocycles. The SMILES string of the molecule is CCC1(C(=O)O)CCCN1C(=O)NC1CC=CC1. The Morgan fingerprint density at radius 1 is 1.44 bits per heavy atom. The van der Waals surface area contributed by atoms with Gasteiger partial charge in [0.05, 0.1) is 0 Å². The maximum absolute atomic E-state index is 12.2. The predicted molar refractivity (Wildman–Crippen MR) is 67.3 cm³/mol. The average molecular weight is 252 g/mol. The highest BCUT2D eigenvalue weighted by Crippen LogP contribution is 2.33. The van der Waals surface area contributed by atoms with Crippen LogP contribution in [0.3, 0.4) is 0 Å². The first-order valence-electron chi connectivity index (χ1n) is 6.56. The van der Waals surface area contributed by atoms with Crippen LogP contribution in [0.15, 0.2) is 12.2 Å². The Morgan fingerprint density at radius 2 is 2.11 bits per heavy atom. The zero-order chi connectivity index (χ0) is 13.2. The molecule has 1 aliphatic carbocycles. The zero-order valence-corrected chi connectivity index (χ0v) is 10.7. The van der Waals surface area contributed by atoms with Crippen molar-refractivity contribution in [2.75, 3.05) is 6.54 Å². The van der Waals surface area contributed by atoms with Crippen molar-refractivity contribution < 1.29 is 14.7 Å². The first kappa shape index (κ1) is 12.9. The van der Waals surface area contributed by atoms with E-state index in [1.54, 1.807) is 0 Å². The van der Waals surface area contributed by atoms with E-state index in [2.05, 4.69) is 5.32 Å². The number of amides is 2. The molecule has 18 heavy (non-hydrogen) atoms. The van der Waals surface area contributed by atoms with Gasteiger partial charge in [0.2, 0.25) is 0 Å². The van der Waals surface area contributed by atoms with Gasteiger partial charge in [0.1, 0.15) is 5.54 Å². The summed E-state index contributed by atoms with van der Waals surface area (Å²) in [6, 6.07) is -0.105. The summed E-state index contributed by atoms with van der Waals surface area (Å²) in [7, 11) is 0. The minimum Gasteiger partial charge on any atom is -0.479 e. The first-order chi connectivity index (χ1) is 8.60. The largest absolute Gasteiger partial charge is 0.479 e. The van der Waals surface area contributed by atoms with Gasteiger partial charge in [0.15, 0.2) is 0 Å². The van der Waals surface area contributed by atoms with Crippen LogP contribution in [0.25, 0.3) is 0 Å². The van der Waals surface area contributed by atoms with Gasteiger partial charge in [-0.2, -0.15) is 0 Å². The number of carboxylic acids is 1. The summed E-state index contributed by atoms with van der Waals surface area (Å²) in [5.41, 5.74) is -1.00. The van der Waals surface area contributed by atoms with Crippen molar-refractivity contribution in [1.29, 1.82) is 0 Å². The molecule has 1 heterocycles. The van der Waals surface area contributed by atoms with E-state index in [9.17, 15) is 14.7 Å². The van der Waals surface area contributed by atoms with E-state index in [1.165, 1.54) is 4.90 Å². The van der Waals surface area contributed by atoms with Crippen LogP contribution in [0.1, 0.15) is 39.0 Å². The van der Waals surface area contributed by atoms with Crippen molar-refractivity contribution in [2.45, 2.75) is 50.6 Å². The number of carbonyl (C=O) groups excluding carboxylic acids is 1. The molecule has 1 unspecified atom stereocenters. The number of rotatable bonds is 3. The van der Waals surface area contributed by atoms with Crippen molar-refractivity contribution in [3.05, 3.63) is 12.2 Å². The first-order valence-corrected chi connectivity index (χ1v) is 6.56. The second-order valence-corrected chi connectivity index (χ2v) is 5.03. The van der Waals surface area contributed by atoms with Crippen LogP contribution >= 0.6 is 0 Å². The Bertz CT molecular complexity index is 372. The summed E-state index contributed by atoms with van der Waals surface area (Å²) in [6.07, 6.45) is 7.53. The van der Waals surface area contributed by atoms with Gasteiger partial charge in [-0.15, -0.1) is 0 Å². The van der Waals surface area contributed by atoms with Crippen LogP contribution < -0.4 is 5.32 Å². The summed E-state index contributed by atoms with van der Waals surface area (Å²) < 4.78 is 0. The van der Waals surface area contributed by atoms with Crippen molar-refractivity contribution in [3.63, 3.8) is 0 Å². The van der Waals surface area contributed by atoms with Crippen LogP contribution in [0.5, 0.6) is 0 Å². The lowest BCUT2D eigenvalue weighted by Gasteiger charge is -2.34. The Balaban J connectivity index is 2.06. The molecule has 0 spiro atoms. The highest BCUT2D eigenvalue weighted by molar-refractivity contribution is 5.87. The molecule has 5 heteroatoms. The van der Waals surface area contributed by atoms with Gasteiger partial charge >= 0.3 is 12.0 Å². The van der Waals surface area contributed by atoms with E-state index in [0.29, 0.717) is 19.4 Å². The van der Waals surface area contributed by atoms with Crippen LogP contribution in [0.4, 0.5) is 4.79 Å². The molecule has 5 nitrogen and oxygen atoms in total. The van der Waals surface area contributed by atoms with Gasteiger partial charge in [-0.25, -0.2) is 9.59 Å². The molecule has 2 N–H and O–H groups in total. The van der Waals surface area contributed by atoms with Crippen molar-refractivity contribution in [2.24, 2.45) is 0 Å². The molecule has 0 aromatic rings. The number of hydrogen-bond donors (Lipinski definition) is 2. The fourth-order valence-corrected chi connectivity index (χ4v) is 2.90. The summed E-state index contributed by atoms with van der Waals surface area (Å²) in [5, 5.41) is 12.3.